The summed E-state index contributed by atoms with van der Waals surface area (Å²) in [7, 11) is 0. The molecule has 0 saturated heterocycles. The number of halogens is 3. The van der Waals surface area contributed by atoms with E-state index in [4.69, 9.17) is 11.6 Å². The standard InChI is InChI=1S/C24H15ClF2/c1-17(2-3-18-4-10-21(25)11-5-18)16-24(19-6-12-22(26)13-7-19)20-8-14-23(27)15-9-20/h4-16H,1H2. The van der Waals surface area contributed by atoms with Gasteiger partial charge >= 0.3 is 0 Å². The molecule has 3 rings (SSSR count). The van der Waals surface area contributed by atoms with Crippen LogP contribution in [0, 0.1) is 23.5 Å². The van der Waals surface area contributed by atoms with Gasteiger partial charge in [-0.3, -0.25) is 0 Å². The maximum atomic E-state index is 13.3. The van der Waals surface area contributed by atoms with Crippen LogP contribution in [0.4, 0.5) is 8.78 Å². The van der Waals surface area contributed by atoms with Crippen molar-refractivity contribution in [2.24, 2.45) is 0 Å². The minimum absolute atomic E-state index is 0.321. The van der Waals surface area contributed by atoms with E-state index < -0.39 is 0 Å². The second-order valence-corrected chi connectivity index (χ2v) is 6.29. The highest BCUT2D eigenvalue weighted by atomic mass is 35.5. The van der Waals surface area contributed by atoms with E-state index in [1.807, 2.05) is 18.2 Å². The fourth-order valence-electron chi connectivity index (χ4n) is 2.49. The monoisotopic (exact) mass is 376 g/mol. The summed E-state index contributed by atoms with van der Waals surface area (Å²) in [5.41, 5.74) is 3.76. The van der Waals surface area contributed by atoms with Crippen molar-refractivity contribution in [3.05, 3.63) is 124 Å². The van der Waals surface area contributed by atoms with Gasteiger partial charge in [0.25, 0.3) is 0 Å². The van der Waals surface area contributed by atoms with Gasteiger partial charge in [-0.1, -0.05) is 54.3 Å². The van der Waals surface area contributed by atoms with Gasteiger partial charge in [-0.15, -0.1) is 0 Å². The molecule has 0 N–H and O–H groups in total. The van der Waals surface area contributed by atoms with E-state index in [1.165, 1.54) is 24.3 Å². The van der Waals surface area contributed by atoms with Gasteiger partial charge in [-0.2, -0.15) is 0 Å². The van der Waals surface area contributed by atoms with Crippen LogP contribution in [-0.4, -0.2) is 0 Å². The molecule has 132 valence electrons. The summed E-state index contributed by atoms with van der Waals surface area (Å²) < 4.78 is 26.6. The van der Waals surface area contributed by atoms with Crippen LogP contribution >= 0.6 is 11.6 Å². The van der Waals surface area contributed by atoms with Gasteiger partial charge in [0.1, 0.15) is 11.6 Å². The first-order chi connectivity index (χ1) is 13.0. The van der Waals surface area contributed by atoms with Crippen molar-refractivity contribution in [1.29, 1.82) is 0 Å². The highest BCUT2D eigenvalue weighted by Gasteiger charge is 2.06. The Balaban J connectivity index is 1.96. The molecule has 0 amide bonds. The summed E-state index contributed by atoms with van der Waals surface area (Å²) in [6, 6.07) is 19.4. The van der Waals surface area contributed by atoms with Crippen molar-refractivity contribution in [1.82, 2.24) is 0 Å². The Morgan fingerprint density at radius 1 is 0.778 bits per heavy atom. The Morgan fingerprint density at radius 3 is 1.74 bits per heavy atom. The van der Waals surface area contributed by atoms with Crippen LogP contribution in [0.1, 0.15) is 16.7 Å². The minimum atomic E-state index is -0.321. The van der Waals surface area contributed by atoms with Crippen molar-refractivity contribution < 1.29 is 8.78 Å². The Morgan fingerprint density at radius 2 is 1.26 bits per heavy atom. The summed E-state index contributed by atoms with van der Waals surface area (Å²) in [5, 5.41) is 0.647. The minimum Gasteiger partial charge on any atom is -0.207 e. The number of hydrogen-bond acceptors (Lipinski definition) is 0. The lowest BCUT2D eigenvalue weighted by atomic mass is 9.96. The molecule has 0 fully saturated rings. The third-order valence-corrected chi connectivity index (χ3v) is 4.09. The number of rotatable bonds is 3. The molecule has 3 aromatic carbocycles. The van der Waals surface area contributed by atoms with E-state index in [2.05, 4.69) is 18.4 Å². The van der Waals surface area contributed by atoms with Crippen LogP contribution in [0.15, 0.2) is 91.0 Å². The van der Waals surface area contributed by atoms with Crippen molar-refractivity contribution in [2.45, 2.75) is 0 Å². The zero-order valence-corrected chi connectivity index (χ0v) is 15.1. The topological polar surface area (TPSA) is 0 Å². The van der Waals surface area contributed by atoms with Gasteiger partial charge in [0.15, 0.2) is 0 Å². The first-order valence-corrected chi connectivity index (χ1v) is 8.59. The molecule has 0 saturated carbocycles. The maximum absolute atomic E-state index is 13.3. The summed E-state index contributed by atoms with van der Waals surface area (Å²) in [6.45, 7) is 3.99. The Hall–Kier alpha value is -3.15. The van der Waals surface area contributed by atoms with E-state index in [-0.39, 0.29) is 11.6 Å². The van der Waals surface area contributed by atoms with Crippen LogP contribution in [-0.2, 0) is 0 Å². The van der Waals surface area contributed by atoms with Gasteiger partial charge < -0.3 is 0 Å². The van der Waals surface area contributed by atoms with Gasteiger partial charge in [0, 0.05) is 16.2 Å². The summed E-state index contributed by atoms with van der Waals surface area (Å²) >= 11 is 5.87. The summed E-state index contributed by atoms with van der Waals surface area (Å²) in [5.74, 6) is 5.38. The number of benzene rings is 3. The zero-order chi connectivity index (χ0) is 19.2. The molecule has 3 heteroatoms. The van der Waals surface area contributed by atoms with E-state index in [9.17, 15) is 8.78 Å². The first-order valence-electron chi connectivity index (χ1n) is 8.21. The zero-order valence-electron chi connectivity index (χ0n) is 14.3. The fraction of sp³-hybridized carbons (Fsp3) is 0. The van der Waals surface area contributed by atoms with Crippen LogP contribution in [0.25, 0.3) is 5.57 Å². The maximum Gasteiger partial charge on any atom is 0.123 e. The lowest BCUT2D eigenvalue weighted by molar-refractivity contribution is 0.627. The molecule has 0 aliphatic heterocycles. The molecule has 0 aromatic heterocycles. The van der Waals surface area contributed by atoms with E-state index >= 15 is 0 Å². The SMILES string of the molecule is C=C(C#Cc1ccc(Cl)cc1)C=C(c1ccc(F)cc1)c1ccc(F)cc1. The van der Waals surface area contributed by atoms with Gasteiger partial charge in [-0.05, 0) is 71.3 Å². The molecular weight excluding hydrogens is 362 g/mol. The third kappa shape index (κ3) is 5.17. The fourth-order valence-corrected chi connectivity index (χ4v) is 2.61. The summed E-state index contributed by atoms with van der Waals surface area (Å²) in [4.78, 5) is 0. The lowest BCUT2D eigenvalue weighted by Gasteiger charge is -2.09. The molecule has 0 aliphatic rings. The predicted octanol–water partition coefficient (Wildman–Crippen LogP) is 6.66. The van der Waals surface area contributed by atoms with Crippen LogP contribution in [0.5, 0.6) is 0 Å². The highest BCUT2D eigenvalue weighted by Crippen LogP contribution is 2.25. The molecule has 0 atom stereocenters. The van der Waals surface area contributed by atoms with Gasteiger partial charge in [0.2, 0.25) is 0 Å². The van der Waals surface area contributed by atoms with Crippen molar-refractivity contribution in [3.63, 3.8) is 0 Å². The van der Waals surface area contributed by atoms with Gasteiger partial charge in [0.05, 0.1) is 0 Å². The predicted molar refractivity (Wildman–Crippen MR) is 107 cm³/mol. The average Bonchev–Trinajstić information content (AvgIpc) is 2.67. The Labute approximate surface area is 162 Å². The van der Waals surface area contributed by atoms with Crippen molar-refractivity contribution >= 4 is 17.2 Å². The highest BCUT2D eigenvalue weighted by molar-refractivity contribution is 6.30. The third-order valence-electron chi connectivity index (χ3n) is 3.84. The lowest BCUT2D eigenvalue weighted by Crippen LogP contribution is -1.90. The molecule has 0 radical (unpaired) electrons. The molecule has 0 bridgehead atoms. The number of allylic oxidation sites excluding steroid dienone is 2. The number of hydrogen-bond donors (Lipinski definition) is 0. The molecular formula is C24H15ClF2. The quantitative estimate of drug-likeness (QED) is 0.354. The molecule has 0 nitrogen and oxygen atoms in total. The second kappa shape index (κ2) is 8.49. The molecule has 0 aliphatic carbocycles. The largest absolute Gasteiger partial charge is 0.207 e. The van der Waals surface area contributed by atoms with Crippen LogP contribution < -0.4 is 0 Å². The van der Waals surface area contributed by atoms with E-state index in [1.54, 1.807) is 36.4 Å². The van der Waals surface area contributed by atoms with Crippen molar-refractivity contribution in [2.75, 3.05) is 0 Å². The molecule has 27 heavy (non-hydrogen) atoms. The second-order valence-electron chi connectivity index (χ2n) is 5.85. The van der Waals surface area contributed by atoms with E-state index in [0.717, 1.165) is 22.3 Å². The van der Waals surface area contributed by atoms with Gasteiger partial charge in [-0.25, -0.2) is 8.78 Å². The Bertz CT molecular complexity index is 985. The van der Waals surface area contributed by atoms with Crippen LogP contribution in [0.3, 0.4) is 0 Å². The molecule has 3 aromatic rings. The Kier molecular flexibility index (Phi) is 5.86. The normalized spacial score (nSPS) is 9.89. The summed E-state index contributed by atoms with van der Waals surface area (Å²) in [6.07, 6.45) is 1.81. The van der Waals surface area contributed by atoms with E-state index in [0.29, 0.717) is 10.6 Å². The first kappa shape index (κ1) is 18.6. The molecule has 0 heterocycles. The molecule has 0 spiro atoms. The average molecular weight is 377 g/mol. The van der Waals surface area contributed by atoms with Crippen molar-refractivity contribution in [3.8, 4) is 11.8 Å². The molecule has 0 unspecified atom stereocenters. The smallest absolute Gasteiger partial charge is 0.123 e. The van der Waals surface area contributed by atoms with Crippen LogP contribution in [0.2, 0.25) is 5.02 Å².